The minimum atomic E-state index is 0.00171. The fraction of sp³-hybridized carbons (Fsp3) is 0.647. The quantitative estimate of drug-likeness (QED) is 0.641. The van der Waals surface area contributed by atoms with E-state index >= 15 is 0 Å². The summed E-state index contributed by atoms with van der Waals surface area (Å²) in [5.74, 6) is 0. The van der Waals surface area contributed by atoms with E-state index in [1.807, 2.05) is 0 Å². The van der Waals surface area contributed by atoms with Gasteiger partial charge in [0.2, 0.25) is 0 Å². The molecule has 0 amide bonds. The molecule has 0 fully saturated rings. The third-order valence-corrected chi connectivity index (χ3v) is 3.39. The van der Waals surface area contributed by atoms with Gasteiger partial charge in [0.15, 0.2) is 0 Å². The SMILES string of the molecule is CCCCCCOCC(N)c1ccc(CCC)cc1. The van der Waals surface area contributed by atoms with E-state index in [1.54, 1.807) is 0 Å². The van der Waals surface area contributed by atoms with Gasteiger partial charge in [-0.25, -0.2) is 0 Å². The molecule has 0 spiro atoms. The van der Waals surface area contributed by atoms with Crippen molar-refractivity contribution in [2.24, 2.45) is 5.73 Å². The highest BCUT2D eigenvalue weighted by Crippen LogP contribution is 2.13. The summed E-state index contributed by atoms with van der Waals surface area (Å²) in [4.78, 5) is 0. The second-order valence-electron chi connectivity index (χ2n) is 5.23. The maximum Gasteiger partial charge on any atom is 0.0659 e. The molecule has 0 heterocycles. The van der Waals surface area contributed by atoms with Gasteiger partial charge in [-0.15, -0.1) is 0 Å². The Morgan fingerprint density at radius 2 is 1.74 bits per heavy atom. The van der Waals surface area contributed by atoms with Gasteiger partial charge in [-0.1, -0.05) is 63.8 Å². The van der Waals surface area contributed by atoms with E-state index < -0.39 is 0 Å². The van der Waals surface area contributed by atoms with Crippen LogP contribution in [0.15, 0.2) is 24.3 Å². The first-order valence-corrected chi connectivity index (χ1v) is 7.70. The standard InChI is InChI=1S/C17H29NO/c1-3-5-6-7-13-19-14-17(18)16-11-9-15(8-4-2)10-12-16/h9-12,17H,3-8,13-14,18H2,1-2H3. The van der Waals surface area contributed by atoms with Crippen molar-refractivity contribution in [2.45, 2.75) is 58.4 Å². The zero-order valence-electron chi connectivity index (χ0n) is 12.5. The largest absolute Gasteiger partial charge is 0.379 e. The molecule has 0 aliphatic heterocycles. The Hall–Kier alpha value is -0.860. The number of benzene rings is 1. The molecule has 1 atom stereocenters. The Balaban J connectivity index is 2.23. The summed E-state index contributed by atoms with van der Waals surface area (Å²) < 4.78 is 5.65. The molecular formula is C17H29NO. The number of hydrogen-bond donors (Lipinski definition) is 1. The van der Waals surface area contributed by atoms with Gasteiger partial charge in [0.1, 0.15) is 0 Å². The molecule has 0 radical (unpaired) electrons. The molecule has 0 aromatic heterocycles. The zero-order chi connectivity index (χ0) is 13.9. The first-order valence-electron chi connectivity index (χ1n) is 7.70. The molecule has 1 aromatic carbocycles. The highest BCUT2D eigenvalue weighted by Gasteiger charge is 2.05. The van der Waals surface area contributed by atoms with Crippen LogP contribution in [-0.4, -0.2) is 13.2 Å². The van der Waals surface area contributed by atoms with Crippen LogP contribution in [0.4, 0.5) is 0 Å². The molecule has 0 aliphatic carbocycles. The lowest BCUT2D eigenvalue weighted by Gasteiger charge is -2.13. The fourth-order valence-corrected chi connectivity index (χ4v) is 2.16. The van der Waals surface area contributed by atoms with Crippen molar-refractivity contribution in [1.29, 1.82) is 0 Å². The molecular weight excluding hydrogens is 234 g/mol. The first-order chi connectivity index (χ1) is 9.27. The van der Waals surface area contributed by atoms with Crippen LogP contribution in [0.3, 0.4) is 0 Å². The van der Waals surface area contributed by atoms with E-state index in [2.05, 4.69) is 38.1 Å². The minimum absolute atomic E-state index is 0.00171. The number of hydrogen-bond acceptors (Lipinski definition) is 2. The van der Waals surface area contributed by atoms with Crippen molar-refractivity contribution in [3.63, 3.8) is 0 Å². The van der Waals surface area contributed by atoms with Crippen molar-refractivity contribution in [3.05, 3.63) is 35.4 Å². The average molecular weight is 263 g/mol. The van der Waals surface area contributed by atoms with E-state index in [9.17, 15) is 0 Å². The molecule has 2 nitrogen and oxygen atoms in total. The Morgan fingerprint density at radius 3 is 2.37 bits per heavy atom. The van der Waals surface area contributed by atoms with E-state index in [-0.39, 0.29) is 6.04 Å². The molecule has 0 saturated heterocycles. The van der Waals surface area contributed by atoms with E-state index in [1.165, 1.54) is 36.8 Å². The summed E-state index contributed by atoms with van der Waals surface area (Å²) in [6.07, 6.45) is 7.31. The summed E-state index contributed by atoms with van der Waals surface area (Å²) in [5.41, 5.74) is 8.70. The number of unbranched alkanes of at least 4 members (excludes halogenated alkanes) is 3. The fourth-order valence-electron chi connectivity index (χ4n) is 2.16. The molecule has 0 bridgehead atoms. The number of ether oxygens (including phenoxy) is 1. The molecule has 19 heavy (non-hydrogen) atoms. The van der Waals surface area contributed by atoms with Gasteiger partial charge < -0.3 is 10.5 Å². The van der Waals surface area contributed by atoms with E-state index in [4.69, 9.17) is 10.5 Å². The van der Waals surface area contributed by atoms with Gasteiger partial charge >= 0.3 is 0 Å². The highest BCUT2D eigenvalue weighted by atomic mass is 16.5. The van der Waals surface area contributed by atoms with Crippen molar-refractivity contribution in [2.75, 3.05) is 13.2 Å². The highest BCUT2D eigenvalue weighted by molar-refractivity contribution is 5.24. The molecule has 1 rings (SSSR count). The second-order valence-corrected chi connectivity index (χ2v) is 5.23. The van der Waals surface area contributed by atoms with E-state index in [0.717, 1.165) is 19.4 Å². The van der Waals surface area contributed by atoms with E-state index in [0.29, 0.717) is 6.61 Å². The smallest absolute Gasteiger partial charge is 0.0659 e. The summed E-state index contributed by atoms with van der Waals surface area (Å²) in [6, 6.07) is 8.63. The van der Waals surface area contributed by atoms with Crippen LogP contribution in [0.2, 0.25) is 0 Å². The Kier molecular flexibility index (Phi) is 8.52. The Morgan fingerprint density at radius 1 is 1.00 bits per heavy atom. The minimum Gasteiger partial charge on any atom is -0.379 e. The Bertz CT molecular complexity index is 321. The second kappa shape index (κ2) is 9.99. The van der Waals surface area contributed by atoms with Gasteiger partial charge in [-0.3, -0.25) is 0 Å². The van der Waals surface area contributed by atoms with Crippen molar-refractivity contribution in [1.82, 2.24) is 0 Å². The van der Waals surface area contributed by atoms with Crippen molar-refractivity contribution >= 4 is 0 Å². The predicted octanol–water partition coefficient (Wildman–Crippen LogP) is 4.24. The molecule has 1 aromatic rings. The summed E-state index contributed by atoms with van der Waals surface area (Å²) >= 11 is 0. The Labute approximate surface area is 118 Å². The van der Waals surface area contributed by atoms with Crippen LogP contribution in [0, 0.1) is 0 Å². The molecule has 2 heteroatoms. The lowest BCUT2D eigenvalue weighted by atomic mass is 10.0. The maximum atomic E-state index is 6.13. The average Bonchev–Trinajstić information content (AvgIpc) is 2.43. The van der Waals surface area contributed by atoms with Gasteiger partial charge in [0.25, 0.3) is 0 Å². The lowest BCUT2D eigenvalue weighted by Crippen LogP contribution is -2.17. The predicted molar refractivity (Wildman–Crippen MR) is 82.3 cm³/mol. The number of aryl methyl sites for hydroxylation is 1. The summed E-state index contributed by atoms with van der Waals surface area (Å²) in [7, 11) is 0. The first kappa shape index (κ1) is 16.2. The third kappa shape index (κ3) is 6.74. The maximum absolute atomic E-state index is 6.13. The van der Waals surface area contributed by atoms with Gasteiger partial charge in [-0.2, -0.15) is 0 Å². The van der Waals surface area contributed by atoms with Crippen LogP contribution in [-0.2, 0) is 11.2 Å². The molecule has 1 unspecified atom stereocenters. The third-order valence-electron chi connectivity index (χ3n) is 3.39. The lowest BCUT2D eigenvalue weighted by molar-refractivity contribution is 0.117. The summed E-state index contributed by atoms with van der Waals surface area (Å²) in [6.45, 7) is 5.88. The topological polar surface area (TPSA) is 35.2 Å². The number of nitrogens with two attached hydrogens (primary N) is 1. The molecule has 2 N–H and O–H groups in total. The van der Waals surface area contributed by atoms with Crippen LogP contribution in [0.5, 0.6) is 0 Å². The normalized spacial score (nSPS) is 12.6. The summed E-state index contributed by atoms with van der Waals surface area (Å²) in [5, 5.41) is 0. The van der Waals surface area contributed by atoms with Gasteiger partial charge in [-0.05, 0) is 24.0 Å². The van der Waals surface area contributed by atoms with Crippen molar-refractivity contribution in [3.8, 4) is 0 Å². The molecule has 0 aliphatic rings. The van der Waals surface area contributed by atoms with Gasteiger partial charge in [0, 0.05) is 6.61 Å². The van der Waals surface area contributed by atoms with Crippen molar-refractivity contribution < 1.29 is 4.74 Å². The van der Waals surface area contributed by atoms with Crippen LogP contribution < -0.4 is 5.73 Å². The zero-order valence-corrected chi connectivity index (χ0v) is 12.5. The van der Waals surface area contributed by atoms with Crippen LogP contribution >= 0.6 is 0 Å². The molecule has 108 valence electrons. The number of rotatable bonds is 10. The molecule has 0 saturated carbocycles. The monoisotopic (exact) mass is 263 g/mol. The van der Waals surface area contributed by atoms with Gasteiger partial charge in [0.05, 0.1) is 12.6 Å². The van der Waals surface area contributed by atoms with Crippen LogP contribution in [0.25, 0.3) is 0 Å². The van der Waals surface area contributed by atoms with Crippen LogP contribution in [0.1, 0.15) is 63.1 Å².